The van der Waals surface area contributed by atoms with Crippen molar-refractivity contribution >= 4 is 21.0 Å². The molecular weight excluding hydrogens is 392 g/mol. The summed E-state index contributed by atoms with van der Waals surface area (Å²) in [5.41, 5.74) is 1.47. The summed E-state index contributed by atoms with van der Waals surface area (Å²) < 4.78 is 39.0. The normalized spacial score (nSPS) is 19.7. The second kappa shape index (κ2) is 8.19. The van der Waals surface area contributed by atoms with E-state index >= 15 is 0 Å². The Kier molecular flexibility index (Phi) is 5.47. The first-order valence-electron chi connectivity index (χ1n) is 9.38. The van der Waals surface area contributed by atoms with Gasteiger partial charge in [-0.3, -0.25) is 0 Å². The van der Waals surface area contributed by atoms with Crippen molar-refractivity contribution in [1.29, 1.82) is 5.26 Å². The average molecular weight is 412 g/mol. The molecular formula is C20H20N4O4S. The molecule has 0 unspecified atom stereocenters. The molecule has 0 bridgehead atoms. The predicted octanol–water partition coefficient (Wildman–Crippen LogP) is 2.90. The summed E-state index contributed by atoms with van der Waals surface area (Å²) >= 11 is 0. The van der Waals surface area contributed by atoms with Crippen LogP contribution in [0, 0.1) is 11.3 Å². The third-order valence-corrected chi connectivity index (χ3v) is 6.30. The minimum atomic E-state index is -3.54. The van der Waals surface area contributed by atoms with Crippen LogP contribution >= 0.6 is 0 Å². The van der Waals surface area contributed by atoms with E-state index in [0.717, 1.165) is 12.8 Å². The van der Waals surface area contributed by atoms with Crippen molar-refractivity contribution in [3.05, 3.63) is 53.9 Å². The minimum Gasteiger partial charge on any atom is -0.474 e. The molecule has 0 spiro atoms. The van der Waals surface area contributed by atoms with Gasteiger partial charge in [-0.15, -0.1) is 0 Å². The number of fused-ring (bicyclic) bond motifs is 1. The number of sulfonamides is 1. The first-order chi connectivity index (χ1) is 14.0. The van der Waals surface area contributed by atoms with Crippen LogP contribution in [0.2, 0.25) is 0 Å². The number of nitriles is 1. The van der Waals surface area contributed by atoms with E-state index in [0.29, 0.717) is 40.9 Å². The topological polar surface area (TPSA) is 118 Å². The van der Waals surface area contributed by atoms with Crippen molar-refractivity contribution in [3.63, 3.8) is 0 Å². The number of nitrogens with zero attached hydrogens (tertiary/aromatic N) is 3. The SMILES string of the molecule is N#Cc1ccc(OC2CCC(NS(=O)(=O)Cc3noc4ccccc34)CC2)nc1. The van der Waals surface area contributed by atoms with E-state index in [2.05, 4.69) is 14.9 Å². The predicted molar refractivity (Wildman–Crippen MR) is 105 cm³/mol. The molecule has 8 nitrogen and oxygen atoms in total. The van der Waals surface area contributed by atoms with E-state index in [-0.39, 0.29) is 17.9 Å². The first-order valence-corrected chi connectivity index (χ1v) is 11.0. The monoisotopic (exact) mass is 412 g/mol. The van der Waals surface area contributed by atoms with Crippen LogP contribution in [0.5, 0.6) is 5.88 Å². The van der Waals surface area contributed by atoms with Gasteiger partial charge in [0.05, 0.1) is 5.56 Å². The first kappa shape index (κ1) is 19.4. The number of para-hydroxylation sites is 1. The fraction of sp³-hybridized carbons (Fsp3) is 0.350. The summed E-state index contributed by atoms with van der Waals surface area (Å²) in [5, 5.41) is 13.4. The van der Waals surface area contributed by atoms with E-state index in [1.54, 1.807) is 24.3 Å². The molecule has 1 aliphatic rings. The van der Waals surface area contributed by atoms with E-state index in [9.17, 15) is 8.42 Å². The highest BCUT2D eigenvalue weighted by molar-refractivity contribution is 7.88. The molecule has 0 saturated heterocycles. The van der Waals surface area contributed by atoms with Gasteiger partial charge in [-0.05, 0) is 43.9 Å². The van der Waals surface area contributed by atoms with Gasteiger partial charge >= 0.3 is 0 Å². The zero-order valence-electron chi connectivity index (χ0n) is 15.6. The molecule has 3 aromatic rings. The van der Waals surface area contributed by atoms with Crippen LogP contribution in [-0.2, 0) is 15.8 Å². The summed E-state index contributed by atoms with van der Waals surface area (Å²) in [6.45, 7) is 0. The number of nitrogens with one attached hydrogen (secondary N) is 1. The van der Waals surface area contributed by atoms with Gasteiger partial charge in [0.1, 0.15) is 23.6 Å². The highest BCUT2D eigenvalue weighted by Crippen LogP contribution is 2.24. The van der Waals surface area contributed by atoms with Crippen molar-refractivity contribution in [2.24, 2.45) is 0 Å². The molecule has 1 N–H and O–H groups in total. The van der Waals surface area contributed by atoms with E-state index in [4.69, 9.17) is 14.5 Å². The Morgan fingerprint density at radius 1 is 1.17 bits per heavy atom. The molecule has 29 heavy (non-hydrogen) atoms. The van der Waals surface area contributed by atoms with Crippen LogP contribution in [0.4, 0.5) is 0 Å². The fourth-order valence-electron chi connectivity index (χ4n) is 3.50. The van der Waals surface area contributed by atoms with Crippen molar-refractivity contribution < 1.29 is 17.7 Å². The van der Waals surface area contributed by atoms with Crippen LogP contribution in [0.15, 0.2) is 47.1 Å². The van der Waals surface area contributed by atoms with Crippen LogP contribution < -0.4 is 9.46 Å². The van der Waals surface area contributed by atoms with Gasteiger partial charge in [-0.1, -0.05) is 17.3 Å². The summed E-state index contributed by atoms with van der Waals surface area (Å²) in [7, 11) is -3.54. The van der Waals surface area contributed by atoms with Crippen molar-refractivity contribution in [3.8, 4) is 11.9 Å². The Morgan fingerprint density at radius 3 is 2.69 bits per heavy atom. The maximum atomic E-state index is 12.6. The molecule has 1 fully saturated rings. The number of pyridine rings is 1. The van der Waals surface area contributed by atoms with Gasteiger partial charge in [0.25, 0.3) is 0 Å². The number of ether oxygens (including phenoxy) is 1. The molecule has 0 aliphatic heterocycles. The molecule has 0 atom stereocenters. The molecule has 9 heteroatoms. The molecule has 1 saturated carbocycles. The van der Waals surface area contributed by atoms with Gasteiger partial charge in [0.15, 0.2) is 5.58 Å². The summed E-state index contributed by atoms with van der Waals surface area (Å²) in [6, 6.07) is 12.4. The molecule has 0 amide bonds. The van der Waals surface area contributed by atoms with Gasteiger partial charge in [-0.2, -0.15) is 5.26 Å². The van der Waals surface area contributed by atoms with Gasteiger partial charge in [0, 0.05) is 23.7 Å². The highest BCUT2D eigenvalue weighted by atomic mass is 32.2. The summed E-state index contributed by atoms with van der Waals surface area (Å²) in [4.78, 5) is 4.12. The zero-order chi connectivity index (χ0) is 20.3. The zero-order valence-corrected chi connectivity index (χ0v) is 16.4. The van der Waals surface area contributed by atoms with Gasteiger partial charge in [-0.25, -0.2) is 18.1 Å². The Balaban J connectivity index is 1.31. The van der Waals surface area contributed by atoms with Crippen LogP contribution in [0.1, 0.15) is 36.9 Å². The quantitative estimate of drug-likeness (QED) is 0.661. The third-order valence-electron chi connectivity index (χ3n) is 4.95. The lowest BCUT2D eigenvalue weighted by atomic mass is 9.94. The lowest BCUT2D eigenvalue weighted by Crippen LogP contribution is -2.40. The number of rotatable bonds is 6. The standard InChI is InChI=1S/C20H20N4O4S/c21-11-14-5-10-20(22-12-14)27-16-8-6-15(7-9-16)24-29(25,26)13-18-17-3-1-2-4-19(17)28-23-18/h1-5,10,12,15-16,24H,6-9,13H2. The maximum Gasteiger partial charge on any atom is 0.217 e. The molecule has 1 aliphatic carbocycles. The van der Waals surface area contributed by atoms with Gasteiger partial charge < -0.3 is 9.26 Å². The van der Waals surface area contributed by atoms with E-state index < -0.39 is 10.0 Å². The van der Waals surface area contributed by atoms with Crippen molar-refractivity contribution in [2.45, 2.75) is 43.6 Å². The largest absolute Gasteiger partial charge is 0.474 e. The number of benzene rings is 1. The number of aromatic nitrogens is 2. The molecule has 2 aromatic heterocycles. The lowest BCUT2D eigenvalue weighted by molar-refractivity contribution is 0.138. The minimum absolute atomic E-state index is 0.0179. The van der Waals surface area contributed by atoms with Crippen LogP contribution in [0.3, 0.4) is 0 Å². The molecule has 4 rings (SSSR count). The fourth-order valence-corrected chi connectivity index (χ4v) is 4.90. The van der Waals surface area contributed by atoms with E-state index in [1.807, 2.05) is 18.2 Å². The highest BCUT2D eigenvalue weighted by Gasteiger charge is 2.27. The van der Waals surface area contributed by atoms with Crippen LogP contribution in [-0.4, -0.2) is 30.7 Å². The average Bonchev–Trinajstić information content (AvgIpc) is 3.12. The van der Waals surface area contributed by atoms with Crippen molar-refractivity contribution in [1.82, 2.24) is 14.9 Å². The number of hydrogen-bond acceptors (Lipinski definition) is 7. The summed E-state index contributed by atoms with van der Waals surface area (Å²) in [5.74, 6) is 0.265. The Labute approximate surface area is 168 Å². The Bertz CT molecular complexity index is 1130. The van der Waals surface area contributed by atoms with Crippen molar-refractivity contribution in [2.75, 3.05) is 0 Å². The molecule has 2 heterocycles. The smallest absolute Gasteiger partial charge is 0.217 e. The third kappa shape index (κ3) is 4.72. The second-order valence-electron chi connectivity index (χ2n) is 7.09. The van der Waals surface area contributed by atoms with E-state index in [1.165, 1.54) is 6.20 Å². The van der Waals surface area contributed by atoms with Gasteiger partial charge in [0.2, 0.25) is 15.9 Å². The van der Waals surface area contributed by atoms with Crippen LogP contribution in [0.25, 0.3) is 11.0 Å². The summed E-state index contributed by atoms with van der Waals surface area (Å²) in [6.07, 6.45) is 4.27. The Morgan fingerprint density at radius 2 is 1.97 bits per heavy atom. The molecule has 1 aromatic carbocycles. The number of hydrogen-bond donors (Lipinski definition) is 1. The molecule has 0 radical (unpaired) electrons. The Hall–Kier alpha value is -2.96. The second-order valence-corrected chi connectivity index (χ2v) is 8.84. The molecule has 150 valence electrons. The maximum absolute atomic E-state index is 12.6. The lowest BCUT2D eigenvalue weighted by Gasteiger charge is -2.29.